The molecule has 12 heteroatoms. The van der Waals surface area contributed by atoms with Gasteiger partial charge in [0.25, 0.3) is 0 Å². The Hall–Kier alpha value is -1.35. The zero-order valence-corrected chi connectivity index (χ0v) is 31.4. The van der Waals surface area contributed by atoms with Crippen LogP contribution in [0.15, 0.2) is 97.2 Å². The summed E-state index contributed by atoms with van der Waals surface area (Å²) in [5.74, 6) is 0.0845. The van der Waals surface area contributed by atoms with Gasteiger partial charge in [0.15, 0.2) is 5.78 Å². The number of hydrogen-bond donors (Lipinski definition) is 1. The summed E-state index contributed by atoms with van der Waals surface area (Å²) in [6, 6.07) is 26.1. The van der Waals surface area contributed by atoms with Crippen molar-refractivity contribution in [1.82, 2.24) is 0 Å². The fraction of sp³-hybridized carbons (Fsp3) is 0.206. The van der Waals surface area contributed by atoms with Gasteiger partial charge < -0.3 is 16.3 Å². The first kappa shape index (κ1) is 39.1. The SMILES string of the molecule is O=C1C=CN(c2ccc(Cl)cc2Cl)C(c2ccc(Cl)cc2)C1.OC1CCN(c2ccc(Cl)cc2Cl)C(c2ccc(Cl)cc2)C1.[B].[H-].[Na+]. The number of carbonyl (C=O) groups is 1. The topological polar surface area (TPSA) is 43.8 Å². The van der Waals surface area contributed by atoms with Crippen LogP contribution in [0.1, 0.15) is 43.9 Å². The summed E-state index contributed by atoms with van der Waals surface area (Å²) < 4.78 is 0. The fourth-order valence-electron chi connectivity index (χ4n) is 5.48. The molecule has 2 aliphatic rings. The number of anilines is 2. The monoisotopic (exact) mass is 741 g/mol. The van der Waals surface area contributed by atoms with E-state index in [1.165, 1.54) is 0 Å². The number of halogens is 6. The normalized spacial score (nSPS) is 19.0. The smallest absolute Gasteiger partial charge is 1.00 e. The van der Waals surface area contributed by atoms with Crippen LogP contribution >= 0.6 is 69.6 Å². The molecule has 4 nitrogen and oxygen atoms in total. The maximum absolute atomic E-state index is 11.8. The summed E-state index contributed by atoms with van der Waals surface area (Å²) in [5, 5.41) is 13.8. The minimum atomic E-state index is -0.303. The van der Waals surface area contributed by atoms with Crippen molar-refractivity contribution in [3.8, 4) is 0 Å². The van der Waals surface area contributed by atoms with Crippen LogP contribution < -0.4 is 39.4 Å². The molecular weight excluding hydrogens is 715 g/mol. The molecule has 0 bridgehead atoms. The molecule has 46 heavy (non-hydrogen) atoms. The largest absolute Gasteiger partial charge is 1.00 e. The van der Waals surface area contributed by atoms with E-state index < -0.39 is 0 Å². The molecule has 3 atom stereocenters. The molecule has 1 fully saturated rings. The maximum Gasteiger partial charge on any atom is 1.00 e. The van der Waals surface area contributed by atoms with E-state index in [0.29, 0.717) is 43.0 Å². The van der Waals surface area contributed by atoms with E-state index in [9.17, 15) is 9.90 Å². The molecule has 6 rings (SSSR count). The van der Waals surface area contributed by atoms with Gasteiger partial charge in [-0.05, 0) is 90.7 Å². The maximum atomic E-state index is 11.8. The number of aliphatic hydroxyl groups is 1. The predicted molar refractivity (Wildman–Crippen MR) is 192 cm³/mol. The molecule has 3 radical (unpaired) electrons. The van der Waals surface area contributed by atoms with Crippen LogP contribution in [0.25, 0.3) is 0 Å². The molecule has 1 N–H and O–H groups in total. The summed E-state index contributed by atoms with van der Waals surface area (Å²) in [4.78, 5) is 16.1. The van der Waals surface area contributed by atoms with E-state index in [2.05, 4.69) is 4.90 Å². The summed E-state index contributed by atoms with van der Waals surface area (Å²) in [7, 11) is 0. The molecule has 0 aromatic heterocycles. The second-order valence-corrected chi connectivity index (χ2v) is 13.2. The Morgan fingerprint density at radius 3 is 1.67 bits per heavy atom. The molecule has 0 spiro atoms. The molecule has 0 amide bonds. The van der Waals surface area contributed by atoms with Crippen molar-refractivity contribution in [3.05, 3.63) is 138 Å². The Kier molecular flexibility index (Phi) is 15.2. The van der Waals surface area contributed by atoms with Crippen LogP contribution in [-0.2, 0) is 4.79 Å². The summed E-state index contributed by atoms with van der Waals surface area (Å²) in [5.41, 5.74) is 3.88. The van der Waals surface area contributed by atoms with Gasteiger partial charge in [-0.3, -0.25) is 4.79 Å². The summed E-state index contributed by atoms with van der Waals surface area (Å²) in [6.45, 7) is 0.746. The number of hydrogen-bond acceptors (Lipinski definition) is 4. The van der Waals surface area contributed by atoms with Crippen molar-refractivity contribution in [3.63, 3.8) is 0 Å². The van der Waals surface area contributed by atoms with E-state index in [-0.39, 0.29) is 63.4 Å². The zero-order valence-electron chi connectivity index (χ0n) is 25.9. The zero-order chi connectivity index (χ0) is 31.4. The van der Waals surface area contributed by atoms with Crippen molar-refractivity contribution >= 4 is 95.2 Å². The first-order valence-electron chi connectivity index (χ1n) is 13.9. The molecule has 4 aromatic carbocycles. The standard InChI is InChI=1S/C17H16Cl3NO.C17H12Cl3NO.B.Na.H/c2*18-12-3-1-11(2-4-12)17-10-14(22)7-8-21(17)16-6-5-13(19)9-15(16)20;;;/h1-6,9,14,17,22H,7-8,10H2;1-9,17H,10H2;;;/q;;;+1;-1. The van der Waals surface area contributed by atoms with Gasteiger partial charge in [-0.15, -0.1) is 0 Å². The Balaban J connectivity index is 0.000000307. The minimum absolute atomic E-state index is 0. The van der Waals surface area contributed by atoms with E-state index >= 15 is 0 Å². The molecule has 1 saturated heterocycles. The Morgan fingerprint density at radius 1 is 0.674 bits per heavy atom. The van der Waals surface area contributed by atoms with Crippen LogP contribution in [0.4, 0.5) is 11.4 Å². The average Bonchev–Trinajstić information content (AvgIpc) is 2.99. The number of benzene rings is 4. The molecule has 0 saturated carbocycles. The molecule has 2 heterocycles. The van der Waals surface area contributed by atoms with Crippen molar-refractivity contribution in [2.24, 2.45) is 0 Å². The van der Waals surface area contributed by atoms with Crippen molar-refractivity contribution in [2.75, 3.05) is 16.3 Å². The van der Waals surface area contributed by atoms with Gasteiger partial charge in [-0.25, -0.2) is 0 Å². The van der Waals surface area contributed by atoms with Gasteiger partial charge >= 0.3 is 29.6 Å². The average molecular weight is 744 g/mol. The third-order valence-electron chi connectivity index (χ3n) is 7.64. The van der Waals surface area contributed by atoms with Crippen LogP contribution in [-0.4, -0.2) is 32.0 Å². The van der Waals surface area contributed by atoms with Gasteiger partial charge in [0.05, 0.1) is 39.6 Å². The van der Waals surface area contributed by atoms with Gasteiger partial charge in [0.2, 0.25) is 0 Å². The number of allylic oxidation sites excluding steroid dienone is 1. The molecule has 233 valence electrons. The van der Waals surface area contributed by atoms with E-state index in [1.54, 1.807) is 30.5 Å². The van der Waals surface area contributed by atoms with E-state index in [0.717, 1.165) is 35.5 Å². The fourth-order valence-corrected chi connectivity index (χ4v) is 6.75. The first-order chi connectivity index (χ1) is 21.1. The Bertz CT molecular complexity index is 1670. The Labute approximate surface area is 325 Å². The molecule has 4 aromatic rings. The number of ketones is 1. The van der Waals surface area contributed by atoms with E-state index in [1.807, 2.05) is 71.6 Å². The Morgan fingerprint density at radius 2 is 1.15 bits per heavy atom. The predicted octanol–water partition coefficient (Wildman–Crippen LogP) is 7.77. The first-order valence-corrected chi connectivity index (χ1v) is 16.2. The third kappa shape index (κ3) is 9.86. The van der Waals surface area contributed by atoms with Gasteiger partial charge in [-0.2, -0.15) is 0 Å². The van der Waals surface area contributed by atoms with Crippen LogP contribution in [0.5, 0.6) is 0 Å². The van der Waals surface area contributed by atoms with E-state index in [4.69, 9.17) is 69.6 Å². The van der Waals surface area contributed by atoms with Crippen molar-refractivity contribution < 1.29 is 40.9 Å². The quantitative estimate of drug-likeness (QED) is 0.217. The van der Waals surface area contributed by atoms with Gasteiger partial charge in [0.1, 0.15) is 0 Å². The molecule has 3 unspecified atom stereocenters. The number of aliphatic hydroxyl groups excluding tert-OH is 1. The second-order valence-electron chi connectivity index (χ2n) is 10.6. The minimum Gasteiger partial charge on any atom is -1.00 e. The van der Waals surface area contributed by atoms with Crippen LogP contribution in [0, 0.1) is 0 Å². The molecular formula is C34H29BCl6N2NaO2. The summed E-state index contributed by atoms with van der Waals surface area (Å²) >= 11 is 36.6. The number of piperidine rings is 1. The second kappa shape index (κ2) is 17.9. The van der Waals surface area contributed by atoms with Crippen LogP contribution in [0.3, 0.4) is 0 Å². The van der Waals surface area contributed by atoms with Gasteiger partial charge in [0, 0.05) is 47.7 Å². The summed E-state index contributed by atoms with van der Waals surface area (Å²) in [6.07, 6.45) is 4.81. The van der Waals surface area contributed by atoms with Crippen molar-refractivity contribution in [1.29, 1.82) is 0 Å². The third-order valence-corrected chi connectivity index (χ3v) is 9.22. The number of nitrogens with zero attached hydrogens (tertiary/aromatic N) is 2. The molecule has 2 aliphatic heterocycles. The number of carbonyl (C=O) groups excluding carboxylic acids is 1. The number of rotatable bonds is 4. The van der Waals surface area contributed by atoms with Crippen molar-refractivity contribution in [2.45, 2.75) is 37.5 Å². The van der Waals surface area contributed by atoms with Crippen LogP contribution in [0.2, 0.25) is 30.1 Å². The molecule has 0 aliphatic carbocycles. The van der Waals surface area contributed by atoms with Gasteiger partial charge in [-0.1, -0.05) is 93.9 Å².